The first-order valence-electron chi connectivity index (χ1n) is 8.96. The number of hydrogen-bond donors (Lipinski definition) is 3. The van der Waals surface area contributed by atoms with Crippen molar-refractivity contribution >= 4 is 11.9 Å². The van der Waals surface area contributed by atoms with Gasteiger partial charge in [-0.3, -0.25) is 9.79 Å². The lowest BCUT2D eigenvalue weighted by Crippen LogP contribution is -2.48. The van der Waals surface area contributed by atoms with Gasteiger partial charge in [-0.25, -0.2) is 0 Å². The van der Waals surface area contributed by atoms with Crippen LogP contribution in [0.15, 0.2) is 4.99 Å². The smallest absolute Gasteiger partial charge is 0.239 e. The van der Waals surface area contributed by atoms with E-state index in [0.717, 1.165) is 19.5 Å². The van der Waals surface area contributed by atoms with E-state index in [1.807, 2.05) is 20.8 Å². The molecule has 1 fully saturated rings. The summed E-state index contributed by atoms with van der Waals surface area (Å²) in [6.45, 7) is 12.9. The monoisotopic (exact) mass is 340 g/mol. The number of nitrogens with zero attached hydrogens (tertiary/aromatic N) is 3. The number of piperazine rings is 1. The van der Waals surface area contributed by atoms with E-state index in [0.29, 0.717) is 5.96 Å². The summed E-state index contributed by atoms with van der Waals surface area (Å²) in [5.41, 5.74) is -0.209. The van der Waals surface area contributed by atoms with E-state index < -0.39 is 0 Å². The van der Waals surface area contributed by atoms with Gasteiger partial charge in [0.05, 0.1) is 6.54 Å². The minimum atomic E-state index is -0.209. The highest BCUT2D eigenvalue weighted by atomic mass is 16.2. The molecule has 3 N–H and O–H groups in total. The third-order valence-corrected chi connectivity index (χ3v) is 3.94. The van der Waals surface area contributed by atoms with Gasteiger partial charge in [0.15, 0.2) is 5.96 Å². The van der Waals surface area contributed by atoms with Crippen molar-refractivity contribution in [2.75, 3.05) is 59.9 Å². The van der Waals surface area contributed by atoms with Crippen LogP contribution in [0, 0.1) is 0 Å². The molecule has 1 heterocycles. The van der Waals surface area contributed by atoms with Crippen molar-refractivity contribution in [2.45, 2.75) is 39.2 Å². The Balaban J connectivity index is 2.08. The van der Waals surface area contributed by atoms with Crippen LogP contribution < -0.4 is 16.0 Å². The molecule has 0 radical (unpaired) electrons. The molecule has 140 valence electrons. The summed E-state index contributed by atoms with van der Waals surface area (Å²) in [5, 5.41) is 9.23. The summed E-state index contributed by atoms with van der Waals surface area (Å²) < 4.78 is 0. The summed E-state index contributed by atoms with van der Waals surface area (Å²) in [6.07, 6.45) is 2.28. The Morgan fingerprint density at radius 1 is 1.08 bits per heavy atom. The van der Waals surface area contributed by atoms with Crippen LogP contribution in [0.4, 0.5) is 0 Å². The van der Waals surface area contributed by atoms with E-state index in [4.69, 9.17) is 0 Å². The highest BCUT2D eigenvalue weighted by molar-refractivity contribution is 5.86. The van der Waals surface area contributed by atoms with Crippen LogP contribution in [-0.2, 0) is 4.79 Å². The van der Waals surface area contributed by atoms with Gasteiger partial charge in [-0.15, -0.1) is 0 Å². The number of amides is 1. The maximum absolute atomic E-state index is 11.8. The maximum Gasteiger partial charge on any atom is 0.239 e. The Bertz CT molecular complexity index is 396. The molecule has 0 unspecified atom stereocenters. The van der Waals surface area contributed by atoms with E-state index in [2.05, 4.69) is 37.8 Å². The lowest BCUT2D eigenvalue weighted by atomic mass is 10.1. The number of nitrogens with one attached hydrogen (secondary N) is 3. The number of carbonyl (C=O) groups excluding carboxylic acids is 1. The van der Waals surface area contributed by atoms with Gasteiger partial charge < -0.3 is 25.8 Å². The number of rotatable bonds is 7. The molecule has 0 aromatic heterocycles. The zero-order valence-electron chi connectivity index (χ0n) is 16.1. The van der Waals surface area contributed by atoms with Crippen LogP contribution in [0.5, 0.6) is 0 Å². The van der Waals surface area contributed by atoms with E-state index >= 15 is 0 Å². The quantitative estimate of drug-likeness (QED) is 0.348. The SMILES string of the molecule is CN=C(NCCCCN1CCN(C)CC1)NCC(=O)NC(C)(C)C. The summed E-state index contributed by atoms with van der Waals surface area (Å²) >= 11 is 0. The van der Waals surface area contributed by atoms with E-state index in [9.17, 15) is 4.79 Å². The number of carbonyl (C=O) groups is 1. The fourth-order valence-electron chi connectivity index (χ4n) is 2.59. The molecule has 0 aliphatic carbocycles. The van der Waals surface area contributed by atoms with Crippen LogP contribution in [0.25, 0.3) is 0 Å². The Labute approximate surface area is 147 Å². The molecule has 7 nitrogen and oxygen atoms in total. The largest absolute Gasteiger partial charge is 0.356 e. The van der Waals surface area contributed by atoms with Crippen LogP contribution in [0.3, 0.4) is 0 Å². The summed E-state index contributed by atoms with van der Waals surface area (Å²) in [5.74, 6) is 0.652. The molecule has 1 aliphatic rings. The number of hydrogen-bond acceptors (Lipinski definition) is 4. The molecule has 1 aliphatic heterocycles. The minimum absolute atomic E-state index is 0.0273. The highest BCUT2D eigenvalue weighted by Crippen LogP contribution is 2.01. The molecule has 0 saturated carbocycles. The van der Waals surface area contributed by atoms with E-state index in [-0.39, 0.29) is 18.0 Å². The third-order valence-electron chi connectivity index (χ3n) is 3.94. The van der Waals surface area contributed by atoms with Crippen LogP contribution in [-0.4, -0.2) is 87.1 Å². The number of unbranched alkanes of at least 4 members (excludes halogenated alkanes) is 1. The van der Waals surface area contributed by atoms with E-state index in [1.54, 1.807) is 7.05 Å². The summed E-state index contributed by atoms with van der Waals surface area (Å²) in [7, 11) is 3.91. The molecule has 0 aromatic carbocycles. The Morgan fingerprint density at radius 2 is 1.75 bits per heavy atom. The van der Waals surface area contributed by atoms with Gasteiger partial charge in [-0.1, -0.05) is 0 Å². The second-order valence-electron chi connectivity index (χ2n) is 7.50. The zero-order valence-corrected chi connectivity index (χ0v) is 16.1. The first kappa shape index (κ1) is 20.7. The van der Waals surface area contributed by atoms with Crippen molar-refractivity contribution in [3.63, 3.8) is 0 Å². The van der Waals surface area contributed by atoms with Gasteiger partial charge >= 0.3 is 0 Å². The average molecular weight is 341 g/mol. The topological polar surface area (TPSA) is 72.0 Å². The van der Waals surface area contributed by atoms with Gasteiger partial charge in [-0.05, 0) is 47.2 Å². The van der Waals surface area contributed by atoms with Gasteiger partial charge in [0.1, 0.15) is 0 Å². The van der Waals surface area contributed by atoms with E-state index in [1.165, 1.54) is 32.6 Å². The summed E-state index contributed by atoms with van der Waals surface area (Å²) in [6, 6.07) is 0. The van der Waals surface area contributed by atoms with Crippen LogP contribution in [0.1, 0.15) is 33.6 Å². The molecule has 1 saturated heterocycles. The fourth-order valence-corrected chi connectivity index (χ4v) is 2.59. The fraction of sp³-hybridized carbons (Fsp3) is 0.882. The molecule has 7 heteroatoms. The normalized spacial score (nSPS) is 17.6. The van der Waals surface area contributed by atoms with Crippen molar-refractivity contribution in [1.82, 2.24) is 25.8 Å². The standard InChI is InChI=1S/C17H36N6O/c1-17(2,3)21-15(24)14-20-16(18-4)19-8-6-7-9-23-12-10-22(5)11-13-23/h6-14H2,1-5H3,(H,21,24)(H2,18,19,20). The van der Waals surface area contributed by atoms with Crippen molar-refractivity contribution in [3.8, 4) is 0 Å². The Kier molecular flexibility index (Phi) is 9.07. The predicted octanol–water partition coefficient (Wildman–Crippen LogP) is 0.0937. The van der Waals surface area contributed by atoms with Gasteiger partial charge in [0, 0.05) is 45.3 Å². The lowest BCUT2D eigenvalue weighted by molar-refractivity contribution is -0.121. The minimum Gasteiger partial charge on any atom is -0.356 e. The Hall–Kier alpha value is -1.34. The predicted molar refractivity (Wildman–Crippen MR) is 100 cm³/mol. The second-order valence-corrected chi connectivity index (χ2v) is 7.50. The highest BCUT2D eigenvalue weighted by Gasteiger charge is 2.14. The second kappa shape index (κ2) is 10.5. The first-order chi connectivity index (χ1) is 11.3. The molecule has 0 aromatic rings. The molecule has 24 heavy (non-hydrogen) atoms. The van der Waals surface area contributed by atoms with Crippen LogP contribution >= 0.6 is 0 Å². The molecule has 0 spiro atoms. The van der Waals surface area contributed by atoms with Gasteiger partial charge in [0.25, 0.3) is 0 Å². The number of guanidine groups is 1. The molecular weight excluding hydrogens is 304 g/mol. The summed E-state index contributed by atoms with van der Waals surface area (Å²) in [4.78, 5) is 20.8. The molecule has 0 atom stereocenters. The zero-order chi connectivity index (χ0) is 18.0. The molecular formula is C17H36N6O. The third kappa shape index (κ3) is 9.72. The van der Waals surface area contributed by atoms with Crippen molar-refractivity contribution in [3.05, 3.63) is 0 Å². The Morgan fingerprint density at radius 3 is 2.33 bits per heavy atom. The molecule has 1 amide bonds. The average Bonchev–Trinajstić information content (AvgIpc) is 2.50. The van der Waals surface area contributed by atoms with Crippen molar-refractivity contribution in [2.24, 2.45) is 4.99 Å². The molecule has 0 bridgehead atoms. The number of likely N-dealkylation sites (N-methyl/N-ethyl adjacent to an activating group) is 1. The maximum atomic E-state index is 11.8. The van der Waals surface area contributed by atoms with Gasteiger partial charge in [0.2, 0.25) is 5.91 Å². The molecule has 1 rings (SSSR count). The van der Waals surface area contributed by atoms with Crippen molar-refractivity contribution in [1.29, 1.82) is 0 Å². The van der Waals surface area contributed by atoms with Crippen molar-refractivity contribution < 1.29 is 4.79 Å². The van der Waals surface area contributed by atoms with Gasteiger partial charge in [-0.2, -0.15) is 0 Å². The number of aliphatic imine (C=N–C) groups is 1. The first-order valence-corrected chi connectivity index (χ1v) is 8.96. The van der Waals surface area contributed by atoms with Crippen LogP contribution in [0.2, 0.25) is 0 Å². The lowest BCUT2D eigenvalue weighted by Gasteiger charge is -2.32.